The molecule has 2 rings (SSSR count). The van der Waals surface area contributed by atoms with Crippen molar-refractivity contribution >= 4 is 11.6 Å². The van der Waals surface area contributed by atoms with Crippen molar-refractivity contribution in [2.45, 2.75) is 32.4 Å². The highest BCUT2D eigenvalue weighted by atomic mass is 35.5. The Morgan fingerprint density at radius 1 is 1.29 bits per heavy atom. The van der Waals surface area contributed by atoms with Gasteiger partial charge in [0.25, 0.3) is 0 Å². The van der Waals surface area contributed by atoms with Crippen molar-refractivity contribution in [2.75, 3.05) is 33.9 Å². The van der Waals surface area contributed by atoms with Gasteiger partial charge in [-0.05, 0) is 51.7 Å². The molecule has 0 saturated heterocycles. The fourth-order valence-corrected chi connectivity index (χ4v) is 2.52. The molecule has 0 fully saturated rings. The third kappa shape index (κ3) is 5.06. The predicted molar refractivity (Wildman–Crippen MR) is 86.5 cm³/mol. The van der Waals surface area contributed by atoms with Gasteiger partial charge in [-0.2, -0.15) is 0 Å². The van der Waals surface area contributed by atoms with Crippen LogP contribution in [0.4, 0.5) is 0 Å². The Hall–Kier alpha value is -0.970. The molecule has 118 valence electrons. The van der Waals surface area contributed by atoms with Crippen LogP contribution in [0.5, 0.6) is 11.5 Å². The number of ether oxygens (including phenoxy) is 2. The molecule has 1 aromatic carbocycles. The van der Waals surface area contributed by atoms with Gasteiger partial charge < -0.3 is 19.7 Å². The van der Waals surface area contributed by atoms with Crippen molar-refractivity contribution in [3.05, 3.63) is 22.7 Å². The maximum absolute atomic E-state index is 6.30. The number of benzene rings is 1. The van der Waals surface area contributed by atoms with E-state index in [0.717, 1.165) is 37.2 Å². The molecule has 1 aliphatic rings. The minimum atomic E-state index is 0.460. The zero-order valence-electron chi connectivity index (χ0n) is 13.1. The van der Waals surface area contributed by atoms with Crippen molar-refractivity contribution in [2.24, 2.45) is 0 Å². The Morgan fingerprint density at radius 2 is 2.05 bits per heavy atom. The highest BCUT2D eigenvalue weighted by Crippen LogP contribution is 2.37. The van der Waals surface area contributed by atoms with E-state index in [9.17, 15) is 0 Å². The summed E-state index contributed by atoms with van der Waals surface area (Å²) in [7, 11) is 4.19. The van der Waals surface area contributed by atoms with Gasteiger partial charge in [0.2, 0.25) is 0 Å². The van der Waals surface area contributed by atoms with Crippen LogP contribution in [0.3, 0.4) is 0 Å². The van der Waals surface area contributed by atoms with Crippen LogP contribution in [-0.4, -0.2) is 44.8 Å². The normalized spacial score (nSPS) is 15.9. The number of hydrogen-bond donors (Lipinski definition) is 1. The van der Waals surface area contributed by atoms with Crippen LogP contribution in [0, 0.1) is 0 Å². The molecule has 1 aromatic rings. The minimum Gasteiger partial charge on any atom is -0.489 e. The van der Waals surface area contributed by atoms with Crippen LogP contribution >= 0.6 is 11.6 Å². The Balaban J connectivity index is 1.95. The van der Waals surface area contributed by atoms with Crippen LogP contribution in [0.1, 0.15) is 25.3 Å². The third-order valence-corrected chi connectivity index (χ3v) is 3.81. The molecule has 1 N–H and O–H groups in total. The van der Waals surface area contributed by atoms with Crippen LogP contribution in [0.25, 0.3) is 0 Å². The highest BCUT2D eigenvalue weighted by molar-refractivity contribution is 6.32. The average molecular weight is 313 g/mol. The van der Waals surface area contributed by atoms with Crippen LogP contribution in [0.2, 0.25) is 5.02 Å². The Labute approximate surface area is 132 Å². The molecular weight excluding hydrogens is 288 g/mol. The van der Waals surface area contributed by atoms with Crippen LogP contribution in [-0.2, 0) is 6.54 Å². The molecule has 0 spiro atoms. The highest BCUT2D eigenvalue weighted by Gasteiger charge is 2.15. The van der Waals surface area contributed by atoms with E-state index in [4.69, 9.17) is 21.1 Å². The molecule has 1 heterocycles. The Kier molecular flexibility index (Phi) is 6.15. The Morgan fingerprint density at radius 3 is 2.81 bits per heavy atom. The zero-order valence-corrected chi connectivity index (χ0v) is 13.9. The van der Waals surface area contributed by atoms with Gasteiger partial charge in [-0.3, -0.25) is 0 Å². The smallest absolute Gasteiger partial charge is 0.179 e. The van der Waals surface area contributed by atoms with E-state index in [1.165, 1.54) is 0 Å². The van der Waals surface area contributed by atoms with E-state index >= 15 is 0 Å². The molecule has 21 heavy (non-hydrogen) atoms. The molecule has 0 radical (unpaired) electrons. The van der Waals surface area contributed by atoms with Crippen molar-refractivity contribution in [1.29, 1.82) is 0 Å². The van der Waals surface area contributed by atoms with Gasteiger partial charge in [0.05, 0.1) is 18.2 Å². The number of fused-ring (bicyclic) bond motifs is 1. The molecule has 1 unspecified atom stereocenters. The monoisotopic (exact) mass is 312 g/mol. The van der Waals surface area contributed by atoms with Gasteiger partial charge in [-0.15, -0.1) is 0 Å². The lowest BCUT2D eigenvalue weighted by Crippen LogP contribution is -2.29. The van der Waals surface area contributed by atoms with E-state index in [1.807, 2.05) is 12.1 Å². The van der Waals surface area contributed by atoms with Gasteiger partial charge in [-0.25, -0.2) is 0 Å². The fraction of sp³-hybridized carbons (Fsp3) is 0.625. The van der Waals surface area contributed by atoms with E-state index in [2.05, 4.69) is 31.2 Å². The lowest BCUT2D eigenvalue weighted by Gasteiger charge is -2.17. The van der Waals surface area contributed by atoms with Gasteiger partial charge in [-0.1, -0.05) is 11.6 Å². The topological polar surface area (TPSA) is 33.7 Å². The second-order valence-corrected chi connectivity index (χ2v) is 6.24. The van der Waals surface area contributed by atoms with Gasteiger partial charge >= 0.3 is 0 Å². The summed E-state index contributed by atoms with van der Waals surface area (Å²) in [4.78, 5) is 2.20. The SMILES string of the molecule is CC(CCN(C)C)NCc1cc(Cl)c2c(c1)OCCCO2. The molecular formula is C16H25ClN2O2. The molecule has 0 amide bonds. The maximum Gasteiger partial charge on any atom is 0.179 e. The second-order valence-electron chi connectivity index (χ2n) is 5.83. The molecule has 0 aromatic heterocycles. The molecule has 1 atom stereocenters. The number of nitrogens with one attached hydrogen (secondary N) is 1. The minimum absolute atomic E-state index is 0.460. The van der Waals surface area contributed by atoms with Gasteiger partial charge in [0, 0.05) is 19.0 Å². The first-order valence-electron chi connectivity index (χ1n) is 7.52. The third-order valence-electron chi connectivity index (χ3n) is 3.53. The van der Waals surface area contributed by atoms with E-state index < -0.39 is 0 Å². The lowest BCUT2D eigenvalue weighted by molar-refractivity contribution is 0.297. The molecule has 5 heteroatoms. The first-order valence-corrected chi connectivity index (χ1v) is 7.90. The van der Waals surface area contributed by atoms with Crippen molar-refractivity contribution in [1.82, 2.24) is 10.2 Å². The summed E-state index contributed by atoms with van der Waals surface area (Å²) >= 11 is 6.30. The molecule has 0 saturated carbocycles. The molecule has 0 bridgehead atoms. The second kappa shape index (κ2) is 7.87. The van der Waals surface area contributed by atoms with Gasteiger partial charge in [0.1, 0.15) is 0 Å². The van der Waals surface area contributed by atoms with E-state index in [0.29, 0.717) is 30.0 Å². The Bertz CT molecular complexity index is 466. The lowest BCUT2D eigenvalue weighted by atomic mass is 10.1. The standard InChI is InChI=1S/C16H25ClN2O2/c1-12(5-6-19(2)3)18-11-13-9-14(17)16-15(10-13)20-7-4-8-21-16/h9-10,12,18H,4-8,11H2,1-3H3. The number of halogens is 1. The van der Waals surface area contributed by atoms with Gasteiger partial charge in [0.15, 0.2) is 11.5 Å². The summed E-state index contributed by atoms with van der Waals surface area (Å²) < 4.78 is 11.4. The average Bonchev–Trinajstić information content (AvgIpc) is 2.68. The van der Waals surface area contributed by atoms with Crippen molar-refractivity contribution in [3.8, 4) is 11.5 Å². The first-order chi connectivity index (χ1) is 10.1. The first kappa shape index (κ1) is 16.4. The summed E-state index contributed by atoms with van der Waals surface area (Å²) in [5.74, 6) is 1.44. The van der Waals surface area contributed by atoms with E-state index in [1.54, 1.807) is 0 Å². The summed E-state index contributed by atoms with van der Waals surface area (Å²) in [6.45, 7) is 5.40. The van der Waals surface area contributed by atoms with Crippen LogP contribution < -0.4 is 14.8 Å². The number of nitrogens with zero attached hydrogens (tertiary/aromatic N) is 1. The van der Waals surface area contributed by atoms with Crippen molar-refractivity contribution < 1.29 is 9.47 Å². The predicted octanol–water partition coefficient (Wildman–Crippen LogP) is 2.93. The summed E-state index contributed by atoms with van der Waals surface area (Å²) in [5, 5.41) is 4.15. The summed E-state index contributed by atoms with van der Waals surface area (Å²) in [5.41, 5.74) is 1.13. The number of hydrogen-bond acceptors (Lipinski definition) is 4. The summed E-state index contributed by atoms with van der Waals surface area (Å²) in [6.07, 6.45) is 2.01. The molecule has 0 aliphatic carbocycles. The van der Waals surface area contributed by atoms with Crippen LogP contribution in [0.15, 0.2) is 12.1 Å². The van der Waals surface area contributed by atoms with Crippen molar-refractivity contribution in [3.63, 3.8) is 0 Å². The molecule has 1 aliphatic heterocycles. The largest absolute Gasteiger partial charge is 0.489 e. The summed E-state index contributed by atoms with van der Waals surface area (Å²) in [6, 6.07) is 4.45. The maximum atomic E-state index is 6.30. The quantitative estimate of drug-likeness (QED) is 0.875. The molecule has 4 nitrogen and oxygen atoms in total. The van der Waals surface area contributed by atoms with E-state index in [-0.39, 0.29) is 0 Å². The number of rotatable bonds is 6. The zero-order chi connectivity index (χ0) is 15.2. The fourth-order valence-electron chi connectivity index (χ4n) is 2.23.